The Kier molecular flexibility index (Phi) is 3.52. The summed E-state index contributed by atoms with van der Waals surface area (Å²) in [6, 6.07) is 1.86. The lowest BCUT2D eigenvalue weighted by Gasteiger charge is -2.23. The van der Waals surface area contributed by atoms with E-state index < -0.39 is 0 Å². The van der Waals surface area contributed by atoms with Crippen molar-refractivity contribution in [2.24, 2.45) is 0 Å². The minimum Gasteiger partial charge on any atom is -0.489 e. The van der Waals surface area contributed by atoms with Crippen molar-refractivity contribution in [2.75, 3.05) is 14.1 Å². The fourth-order valence-electron chi connectivity index (χ4n) is 1.83. The van der Waals surface area contributed by atoms with E-state index in [9.17, 15) is 4.79 Å². The molecule has 1 aromatic rings. The third kappa shape index (κ3) is 3.25. The topological polar surface area (TPSA) is 42.4 Å². The van der Waals surface area contributed by atoms with Gasteiger partial charge in [0.05, 0.1) is 12.3 Å². The molecular formula is C15H22N2O2. The van der Waals surface area contributed by atoms with Crippen LogP contribution < -0.4 is 4.74 Å². The molecule has 1 fully saturated rings. The average Bonchev–Trinajstić information content (AvgIpc) is 3.11. The van der Waals surface area contributed by atoms with Gasteiger partial charge in [-0.2, -0.15) is 0 Å². The molecule has 4 nitrogen and oxygen atoms in total. The van der Waals surface area contributed by atoms with Gasteiger partial charge in [-0.3, -0.25) is 4.79 Å². The molecule has 0 saturated heterocycles. The molecule has 1 aliphatic carbocycles. The molecule has 1 saturated carbocycles. The summed E-state index contributed by atoms with van der Waals surface area (Å²) in [7, 11) is 3.46. The Bertz CT molecular complexity index is 485. The zero-order chi connectivity index (χ0) is 14.2. The van der Waals surface area contributed by atoms with Gasteiger partial charge in [0, 0.05) is 19.7 Å². The van der Waals surface area contributed by atoms with Crippen LogP contribution in [-0.4, -0.2) is 36.0 Å². The van der Waals surface area contributed by atoms with E-state index >= 15 is 0 Å². The molecule has 4 heteroatoms. The summed E-state index contributed by atoms with van der Waals surface area (Å²) in [5.74, 6) is 0.730. The molecule has 0 aliphatic heterocycles. The minimum atomic E-state index is -0.0801. The summed E-state index contributed by atoms with van der Waals surface area (Å²) in [4.78, 5) is 17.8. The second-order valence-electron chi connectivity index (χ2n) is 6.33. The van der Waals surface area contributed by atoms with E-state index in [2.05, 4.69) is 25.8 Å². The van der Waals surface area contributed by atoms with E-state index in [0.29, 0.717) is 11.8 Å². The second-order valence-corrected chi connectivity index (χ2v) is 6.33. The molecule has 0 unspecified atom stereocenters. The van der Waals surface area contributed by atoms with Crippen LogP contribution in [0.15, 0.2) is 12.3 Å². The monoisotopic (exact) mass is 262 g/mol. The number of amides is 1. The third-order valence-corrected chi connectivity index (χ3v) is 3.12. The first-order valence-electron chi connectivity index (χ1n) is 6.68. The van der Waals surface area contributed by atoms with Gasteiger partial charge in [0.25, 0.3) is 5.91 Å². The summed E-state index contributed by atoms with van der Waals surface area (Å²) >= 11 is 0. The van der Waals surface area contributed by atoms with Crippen molar-refractivity contribution in [3.63, 3.8) is 0 Å². The Hall–Kier alpha value is -1.58. The Morgan fingerprint density at radius 2 is 2.00 bits per heavy atom. The van der Waals surface area contributed by atoms with Gasteiger partial charge in [-0.05, 0) is 24.3 Å². The van der Waals surface area contributed by atoms with Crippen molar-refractivity contribution in [1.82, 2.24) is 9.88 Å². The highest BCUT2D eigenvalue weighted by atomic mass is 16.5. The summed E-state index contributed by atoms with van der Waals surface area (Å²) in [5, 5.41) is 0. The predicted molar refractivity (Wildman–Crippen MR) is 74.6 cm³/mol. The molecule has 104 valence electrons. The molecule has 2 rings (SSSR count). The molecule has 1 aromatic heterocycles. The number of hydrogen-bond acceptors (Lipinski definition) is 3. The maximum atomic E-state index is 12.0. The van der Waals surface area contributed by atoms with Crippen LogP contribution in [0.2, 0.25) is 0 Å². The van der Waals surface area contributed by atoms with Crippen LogP contribution in [-0.2, 0) is 5.41 Å². The molecular weight excluding hydrogens is 240 g/mol. The van der Waals surface area contributed by atoms with E-state index in [1.165, 1.54) is 4.90 Å². The van der Waals surface area contributed by atoms with E-state index in [1.807, 2.05) is 6.07 Å². The molecule has 0 bridgehead atoms. The SMILES string of the molecule is CN(C)C(=O)c1cc(C(C)(C)C)c(OC2CC2)cn1. The van der Waals surface area contributed by atoms with Crippen molar-refractivity contribution in [3.8, 4) is 5.75 Å². The Labute approximate surface area is 114 Å². The quantitative estimate of drug-likeness (QED) is 0.841. The highest BCUT2D eigenvalue weighted by Crippen LogP contribution is 2.35. The maximum absolute atomic E-state index is 12.0. The van der Waals surface area contributed by atoms with Crippen LogP contribution in [0, 0.1) is 0 Å². The number of carbonyl (C=O) groups excluding carboxylic acids is 1. The first-order valence-corrected chi connectivity index (χ1v) is 6.68. The maximum Gasteiger partial charge on any atom is 0.271 e. The molecule has 1 heterocycles. The number of aromatic nitrogens is 1. The van der Waals surface area contributed by atoms with Gasteiger partial charge in [-0.25, -0.2) is 4.98 Å². The molecule has 0 spiro atoms. The number of hydrogen-bond donors (Lipinski definition) is 0. The molecule has 19 heavy (non-hydrogen) atoms. The lowest BCUT2D eigenvalue weighted by molar-refractivity contribution is 0.0821. The van der Waals surface area contributed by atoms with Crippen molar-refractivity contribution >= 4 is 5.91 Å². The number of ether oxygens (including phenoxy) is 1. The largest absolute Gasteiger partial charge is 0.489 e. The number of carbonyl (C=O) groups is 1. The van der Waals surface area contributed by atoms with Gasteiger partial charge in [0.1, 0.15) is 11.4 Å². The molecule has 0 atom stereocenters. The average molecular weight is 262 g/mol. The smallest absolute Gasteiger partial charge is 0.271 e. The van der Waals surface area contributed by atoms with Gasteiger partial charge in [0.15, 0.2) is 0 Å². The van der Waals surface area contributed by atoms with E-state index in [1.54, 1.807) is 20.3 Å². The van der Waals surface area contributed by atoms with Crippen LogP contribution in [0.25, 0.3) is 0 Å². The van der Waals surface area contributed by atoms with Crippen LogP contribution in [0.3, 0.4) is 0 Å². The fraction of sp³-hybridized carbons (Fsp3) is 0.600. The zero-order valence-corrected chi connectivity index (χ0v) is 12.4. The lowest BCUT2D eigenvalue weighted by atomic mass is 9.86. The third-order valence-electron chi connectivity index (χ3n) is 3.12. The molecule has 1 amide bonds. The Morgan fingerprint density at radius 3 is 2.47 bits per heavy atom. The molecule has 0 N–H and O–H groups in total. The van der Waals surface area contributed by atoms with Crippen LogP contribution in [0.5, 0.6) is 5.75 Å². The molecule has 0 radical (unpaired) electrons. The van der Waals surface area contributed by atoms with Crippen LogP contribution >= 0.6 is 0 Å². The van der Waals surface area contributed by atoms with Crippen molar-refractivity contribution < 1.29 is 9.53 Å². The first-order chi connectivity index (χ1) is 8.79. The lowest BCUT2D eigenvalue weighted by Crippen LogP contribution is -2.24. The normalized spacial score (nSPS) is 15.2. The fourth-order valence-corrected chi connectivity index (χ4v) is 1.83. The van der Waals surface area contributed by atoms with Crippen LogP contribution in [0.4, 0.5) is 0 Å². The van der Waals surface area contributed by atoms with Crippen molar-refractivity contribution in [3.05, 3.63) is 23.5 Å². The number of pyridine rings is 1. The van der Waals surface area contributed by atoms with Crippen molar-refractivity contribution in [1.29, 1.82) is 0 Å². The Balaban J connectivity index is 2.37. The summed E-state index contributed by atoms with van der Waals surface area (Å²) < 4.78 is 5.89. The predicted octanol–water partition coefficient (Wildman–Crippen LogP) is 2.62. The highest BCUT2D eigenvalue weighted by molar-refractivity contribution is 5.92. The van der Waals surface area contributed by atoms with Gasteiger partial charge in [-0.15, -0.1) is 0 Å². The van der Waals surface area contributed by atoms with Crippen molar-refractivity contribution in [2.45, 2.75) is 45.1 Å². The van der Waals surface area contributed by atoms with E-state index in [4.69, 9.17) is 4.74 Å². The van der Waals surface area contributed by atoms with Gasteiger partial charge < -0.3 is 9.64 Å². The zero-order valence-electron chi connectivity index (χ0n) is 12.4. The van der Waals surface area contributed by atoms with Gasteiger partial charge in [-0.1, -0.05) is 20.8 Å². The second kappa shape index (κ2) is 4.83. The van der Waals surface area contributed by atoms with Gasteiger partial charge >= 0.3 is 0 Å². The minimum absolute atomic E-state index is 0.0749. The van der Waals surface area contributed by atoms with E-state index in [-0.39, 0.29) is 11.3 Å². The van der Waals surface area contributed by atoms with E-state index in [0.717, 1.165) is 24.2 Å². The summed E-state index contributed by atoms with van der Waals surface area (Å²) in [6.45, 7) is 6.35. The Morgan fingerprint density at radius 1 is 1.37 bits per heavy atom. The molecule has 0 aromatic carbocycles. The summed E-state index contributed by atoms with van der Waals surface area (Å²) in [5.41, 5.74) is 1.44. The standard InChI is InChI=1S/C15H22N2O2/c1-15(2,3)11-8-12(14(18)17(4)5)16-9-13(11)19-10-6-7-10/h8-10H,6-7H2,1-5H3. The number of rotatable bonds is 3. The highest BCUT2D eigenvalue weighted by Gasteiger charge is 2.28. The molecule has 1 aliphatic rings. The first kappa shape index (κ1) is 13.8. The van der Waals surface area contributed by atoms with Crippen LogP contribution in [0.1, 0.15) is 49.7 Å². The summed E-state index contributed by atoms with van der Waals surface area (Å²) in [6.07, 6.45) is 4.25. The van der Waals surface area contributed by atoms with Gasteiger partial charge in [0.2, 0.25) is 0 Å². The number of nitrogens with zero attached hydrogens (tertiary/aromatic N) is 2.